The summed E-state index contributed by atoms with van der Waals surface area (Å²) in [5.74, 6) is 2.66. The number of fused-ring (bicyclic) bond motifs is 1. The number of amides is 1. The maximum absolute atomic E-state index is 12.3. The van der Waals surface area contributed by atoms with Crippen LogP contribution in [0.4, 0.5) is 0 Å². The van der Waals surface area contributed by atoms with E-state index in [0.717, 1.165) is 26.7 Å². The molecule has 6 heteroatoms. The highest BCUT2D eigenvalue weighted by Crippen LogP contribution is 2.32. The second-order valence-corrected chi connectivity index (χ2v) is 9.03. The zero-order chi connectivity index (χ0) is 17.8. The van der Waals surface area contributed by atoms with Crippen LogP contribution >= 0.6 is 23.1 Å². The number of carbonyl (C=O) groups excluding carboxylic acids is 1. The van der Waals surface area contributed by atoms with E-state index >= 15 is 0 Å². The van der Waals surface area contributed by atoms with Crippen LogP contribution in [-0.4, -0.2) is 29.3 Å². The molecule has 0 spiro atoms. The van der Waals surface area contributed by atoms with Crippen molar-refractivity contribution >= 4 is 39.2 Å². The average molecular weight is 379 g/mol. The Hall–Kier alpha value is -1.27. The summed E-state index contributed by atoms with van der Waals surface area (Å²) >= 11 is 3.14. The Morgan fingerprint density at radius 2 is 2.24 bits per heavy atom. The molecule has 2 aromatic rings. The first-order valence-electron chi connectivity index (χ1n) is 9.02. The van der Waals surface area contributed by atoms with Gasteiger partial charge in [0.05, 0.1) is 22.6 Å². The van der Waals surface area contributed by atoms with Gasteiger partial charge in [-0.15, -0.1) is 11.3 Å². The van der Waals surface area contributed by atoms with Gasteiger partial charge in [0.25, 0.3) is 0 Å². The van der Waals surface area contributed by atoms with E-state index in [9.17, 15) is 4.79 Å². The van der Waals surface area contributed by atoms with Crippen molar-refractivity contribution in [3.63, 3.8) is 0 Å². The van der Waals surface area contributed by atoms with Gasteiger partial charge >= 0.3 is 0 Å². The number of thiazole rings is 1. The lowest BCUT2D eigenvalue weighted by Gasteiger charge is -2.34. The third-order valence-corrected chi connectivity index (χ3v) is 7.19. The van der Waals surface area contributed by atoms with Gasteiger partial charge < -0.3 is 10.1 Å². The van der Waals surface area contributed by atoms with Gasteiger partial charge in [0.2, 0.25) is 5.91 Å². The minimum Gasteiger partial charge on any atom is -0.494 e. The number of nitrogens with zero attached hydrogens (tertiary/aromatic N) is 1. The number of thioether (sulfide) groups is 1. The highest BCUT2D eigenvalue weighted by molar-refractivity contribution is 8.01. The smallest absolute Gasteiger partial charge is 0.230 e. The third-order valence-electron chi connectivity index (χ3n) is 5.03. The molecule has 1 saturated carbocycles. The van der Waals surface area contributed by atoms with Crippen molar-refractivity contribution in [2.45, 2.75) is 50.4 Å². The van der Waals surface area contributed by atoms with Crippen molar-refractivity contribution in [2.24, 2.45) is 11.8 Å². The number of hydrogen-bond acceptors (Lipinski definition) is 5. The minimum atomic E-state index is 0.116. The predicted molar refractivity (Wildman–Crippen MR) is 106 cm³/mol. The summed E-state index contributed by atoms with van der Waals surface area (Å²) in [5.41, 5.74) is 0.964. The number of nitrogens with one attached hydrogen (secondary N) is 1. The molecule has 1 aliphatic rings. The van der Waals surface area contributed by atoms with Crippen LogP contribution in [0.2, 0.25) is 0 Å². The number of ether oxygens (including phenoxy) is 1. The van der Waals surface area contributed by atoms with Gasteiger partial charge in [-0.25, -0.2) is 4.98 Å². The minimum absolute atomic E-state index is 0.116. The number of hydrogen-bond donors (Lipinski definition) is 1. The van der Waals surface area contributed by atoms with Crippen molar-refractivity contribution in [2.75, 3.05) is 12.4 Å². The van der Waals surface area contributed by atoms with E-state index in [-0.39, 0.29) is 5.91 Å². The Kier molecular flexibility index (Phi) is 6.23. The average Bonchev–Trinajstić information content (AvgIpc) is 3.00. The van der Waals surface area contributed by atoms with Crippen molar-refractivity contribution < 1.29 is 9.53 Å². The van der Waals surface area contributed by atoms with Crippen LogP contribution in [0.5, 0.6) is 5.75 Å². The molecule has 1 N–H and O–H groups in total. The molecule has 136 valence electrons. The molecular formula is C19H26N2O2S2. The summed E-state index contributed by atoms with van der Waals surface area (Å²) in [6.07, 6.45) is 3.59. The van der Waals surface area contributed by atoms with E-state index in [1.807, 2.05) is 25.1 Å². The Balaban J connectivity index is 1.55. The Bertz CT molecular complexity index is 731. The van der Waals surface area contributed by atoms with E-state index < -0.39 is 0 Å². The highest BCUT2D eigenvalue weighted by Gasteiger charge is 2.28. The maximum atomic E-state index is 12.3. The van der Waals surface area contributed by atoms with Gasteiger partial charge in [-0.1, -0.05) is 38.5 Å². The van der Waals surface area contributed by atoms with E-state index in [2.05, 4.69) is 24.1 Å². The van der Waals surface area contributed by atoms with Crippen LogP contribution in [0, 0.1) is 11.8 Å². The molecule has 1 heterocycles. The molecule has 1 amide bonds. The van der Waals surface area contributed by atoms with Crippen LogP contribution in [0.15, 0.2) is 22.5 Å². The van der Waals surface area contributed by atoms with E-state index in [4.69, 9.17) is 4.74 Å². The molecule has 0 radical (unpaired) electrons. The number of benzene rings is 1. The van der Waals surface area contributed by atoms with Crippen molar-refractivity contribution in [3.05, 3.63) is 18.2 Å². The van der Waals surface area contributed by atoms with Gasteiger partial charge in [-0.2, -0.15) is 0 Å². The second-order valence-electron chi connectivity index (χ2n) is 6.77. The Labute approximate surface area is 157 Å². The van der Waals surface area contributed by atoms with Crippen molar-refractivity contribution in [1.82, 2.24) is 10.3 Å². The lowest BCUT2D eigenvalue weighted by molar-refractivity contribution is -0.119. The topological polar surface area (TPSA) is 51.2 Å². The van der Waals surface area contributed by atoms with Gasteiger partial charge in [0.1, 0.15) is 5.75 Å². The molecule has 0 bridgehead atoms. The van der Waals surface area contributed by atoms with Crippen molar-refractivity contribution in [3.8, 4) is 5.75 Å². The Morgan fingerprint density at radius 3 is 3.04 bits per heavy atom. The summed E-state index contributed by atoms with van der Waals surface area (Å²) in [4.78, 5) is 16.9. The highest BCUT2D eigenvalue weighted by atomic mass is 32.2. The molecule has 0 unspecified atom stereocenters. The summed E-state index contributed by atoms with van der Waals surface area (Å²) < 4.78 is 7.57. The third kappa shape index (κ3) is 4.67. The molecule has 1 aromatic heterocycles. The number of aromatic nitrogens is 1. The molecule has 0 aliphatic heterocycles. The Morgan fingerprint density at radius 1 is 1.40 bits per heavy atom. The van der Waals surface area contributed by atoms with Gasteiger partial charge in [0.15, 0.2) is 4.34 Å². The molecule has 1 aromatic carbocycles. The fraction of sp³-hybridized carbons (Fsp3) is 0.579. The molecule has 4 nitrogen and oxygen atoms in total. The van der Waals surface area contributed by atoms with Crippen LogP contribution in [0.25, 0.3) is 10.2 Å². The molecular weight excluding hydrogens is 352 g/mol. The largest absolute Gasteiger partial charge is 0.494 e. The molecule has 25 heavy (non-hydrogen) atoms. The van der Waals surface area contributed by atoms with E-state index in [1.54, 1.807) is 11.3 Å². The van der Waals surface area contributed by atoms with Gasteiger partial charge in [0, 0.05) is 6.04 Å². The maximum Gasteiger partial charge on any atom is 0.230 e. The number of carbonyl (C=O) groups is 1. The molecule has 3 rings (SSSR count). The first-order valence-corrected chi connectivity index (χ1v) is 10.8. The normalized spacial score (nSPS) is 23.6. The fourth-order valence-electron chi connectivity index (χ4n) is 3.36. The quantitative estimate of drug-likeness (QED) is 0.739. The summed E-state index contributed by atoms with van der Waals surface area (Å²) in [5, 5.41) is 3.23. The van der Waals surface area contributed by atoms with Crippen LogP contribution in [0.3, 0.4) is 0 Å². The monoisotopic (exact) mass is 378 g/mol. The second kappa shape index (κ2) is 8.41. The van der Waals surface area contributed by atoms with Crippen LogP contribution in [0.1, 0.15) is 40.0 Å². The molecule has 3 atom stereocenters. The van der Waals surface area contributed by atoms with Gasteiger partial charge in [-0.3, -0.25) is 4.79 Å². The lowest BCUT2D eigenvalue weighted by atomic mass is 9.78. The molecule has 0 saturated heterocycles. The van der Waals surface area contributed by atoms with Crippen molar-refractivity contribution in [1.29, 1.82) is 0 Å². The summed E-state index contributed by atoms with van der Waals surface area (Å²) in [6, 6.07) is 6.26. The van der Waals surface area contributed by atoms with E-state index in [1.165, 1.54) is 24.6 Å². The standard InChI is InChI=1S/C19H26N2O2S2/c1-4-23-14-8-9-16-17(10-14)25-19(21-16)24-11-18(22)20-15-7-5-6-12(2)13(15)3/h8-10,12-13,15H,4-7,11H2,1-3H3,(H,20,22)/t12-,13+,15-/m1/s1. The summed E-state index contributed by atoms with van der Waals surface area (Å²) in [7, 11) is 0. The summed E-state index contributed by atoms with van der Waals surface area (Å²) in [6.45, 7) is 7.18. The first-order chi connectivity index (χ1) is 12.1. The lowest BCUT2D eigenvalue weighted by Crippen LogP contribution is -2.44. The van der Waals surface area contributed by atoms with Crippen LogP contribution in [-0.2, 0) is 4.79 Å². The first kappa shape index (κ1) is 18.5. The van der Waals surface area contributed by atoms with Crippen LogP contribution < -0.4 is 10.1 Å². The SMILES string of the molecule is CCOc1ccc2nc(SCC(=O)N[C@@H]3CCC[C@@H](C)[C@@H]3C)sc2c1. The predicted octanol–water partition coefficient (Wildman–Crippen LogP) is 4.73. The fourth-order valence-corrected chi connectivity index (χ4v) is 5.27. The van der Waals surface area contributed by atoms with E-state index in [0.29, 0.717) is 30.2 Å². The van der Waals surface area contributed by atoms with Gasteiger partial charge in [-0.05, 0) is 43.4 Å². The zero-order valence-electron chi connectivity index (χ0n) is 15.1. The molecule has 1 aliphatic carbocycles. The number of rotatable bonds is 6. The zero-order valence-corrected chi connectivity index (χ0v) is 16.7. The molecule has 1 fully saturated rings.